The summed E-state index contributed by atoms with van der Waals surface area (Å²) in [6, 6.07) is 1.77. The summed E-state index contributed by atoms with van der Waals surface area (Å²) in [5.74, 6) is -0.648. The van der Waals surface area contributed by atoms with E-state index in [2.05, 4.69) is 5.10 Å². The second-order valence-electron chi connectivity index (χ2n) is 6.47. The molecule has 0 spiro atoms. The topological polar surface area (TPSA) is 75.5 Å². The number of sulfonamides is 1. The zero-order valence-electron chi connectivity index (χ0n) is 15.5. The van der Waals surface area contributed by atoms with Crippen molar-refractivity contribution in [3.05, 3.63) is 33.9 Å². The van der Waals surface area contributed by atoms with Crippen LogP contribution in [0.15, 0.2) is 21.7 Å². The minimum absolute atomic E-state index is 0.0164. The summed E-state index contributed by atoms with van der Waals surface area (Å²) in [5.41, 5.74) is -1.97. The Hall–Kier alpha value is -1.70. The number of alkyl halides is 4. The third kappa shape index (κ3) is 4.20. The van der Waals surface area contributed by atoms with Crippen LogP contribution in [0.1, 0.15) is 37.2 Å². The van der Waals surface area contributed by atoms with Gasteiger partial charge in [0.1, 0.15) is 21.6 Å². The number of hydrogen-bond acceptors (Lipinski definition) is 5. The Kier molecular flexibility index (Phi) is 6.75. The second-order valence-corrected chi connectivity index (χ2v) is 9.96. The summed E-state index contributed by atoms with van der Waals surface area (Å²) >= 11 is 6.71. The van der Waals surface area contributed by atoms with Crippen LogP contribution in [-0.4, -0.2) is 59.5 Å². The summed E-state index contributed by atoms with van der Waals surface area (Å²) in [6.07, 6.45) is -6.38. The van der Waals surface area contributed by atoms with Crippen molar-refractivity contribution in [3.8, 4) is 0 Å². The Morgan fingerprint density at radius 1 is 1.17 bits per heavy atom. The van der Waals surface area contributed by atoms with Crippen LogP contribution in [0.5, 0.6) is 0 Å². The fourth-order valence-electron chi connectivity index (χ4n) is 3.13. The molecule has 1 saturated heterocycles. The fraction of sp³-hybridized carbons (Fsp3) is 0.500. The molecule has 0 aromatic carbocycles. The maximum atomic E-state index is 13.4. The van der Waals surface area contributed by atoms with E-state index >= 15 is 0 Å². The highest BCUT2D eigenvalue weighted by Crippen LogP contribution is 2.36. The second kappa shape index (κ2) is 8.81. The van der Waals surface area contributed by atoms with Crippen molar-refractivity contribution < 1.29 is 30.8 Å². The van der Waals surface area contributed by atoms with Crippen molar-refractivity contribution >= 4 is 38.9 Å². The molecule has 0 bridgehead atoms. The number of hydrogen-bond donors (Lipinski definition) is 0. The summed E-state index contributed by atoms with van der Waals surface area (Å²) < 4.78 is 79.8. The maximum Gasteiger partial charge on any atom is 0.283 e. The molecule has 1 aliphatic heterocycles. The van der Waals surface area contributed by atoms with Gasteiger partial charge in [-0.05, 0) is 18.4 Å². The molecular formula is C16H17ClF4N4O3S2. The standard InChI is InChI=1S/C16H17ClF4N4O3S2/c1-9(25-13(15(20)21)11(17)12(22-25)14(18)19)16(26)23-4-6-24(7-5-23)30(27,28)10-3-2-8-29-10/h2-3,8-9,14-15H,4-7H2,1H3. The van der Waals surface area contributed by atoms with E-state index in [0.717, 1.165) is 11.3 Å². The number of thiophene rings is 1. The van der Waals surface area contributed by atoms with Crippen molar-refractivity contribution in [2.75, 3.05) is 26.2 Å². The van der Waals surface area contributed by atoms with E-state index in [-0.39, 0.29) is 30.4 Å². The van der Waals surface area contributed by atoms with E-state index in [1.165, 1.54) is 22.2 Å². The van der Waals surface area contributed by atoms with Gasteiger partial charge in [0, 0.05) is 26.2 Å². The van der Waals surface area contributed by atoms with Gasteiger partial charge in [-0.25, -0.2) is 30.7 Å². The predicted molar refractivity (Wildman–Crippen MR) is 102 cm³/mol. The first-order valence-corrected chi connectivity index (χ1v) is 11.4. The largest absolute Gasteiger partial charge is 0.338 e. The van der Waals surface area contributed by atoms with Gasteiger partial charge in [-0.1, -0.05) is 17.7 Å². The smallest absolute Gasteiger partial charge is 0.283 e. The minimum Gasteiger partial charge on any atom is -0.338 e. The molecule has 1 amide bonds. The minimum atomic E-state index is -3.67. The van der Waals surface area contributed by atoms with Gasteiger partial charge in [0.25, 0.3) is 22.9 Å². The van der Waals surface area contributed by atoms with Gasteiger partial charge >= 0.3 is 0 Å². The number of carbonyl (C=O) groups is 1. The number of aromatic nitrogens is 2. The lowest BCUT2D eigenvalue weighted by molar-refractivity contribution is -0.135. The molecule has 3 rings (SSSR count). The molecule has 30 heavy (non-hydrogen) atoms. The Bertz CT molecular complexity index is 1010. The van der Waals surface area contributed by atoms with Crippen LogP contribution in [0.4, 0.5) is 17.6 Å². The average Bonchev–Trinajstić information content (AvgIpc) is 3.35. The predicted octanol–water partition coefficient (Wildman–Crippen LogP) is 3.57. The van der Waals surface area contributed by atoms with Gasteiger partial charge in [-0.15, -0.1) is 11.3 Å². The molecule has 7 nitrogen and oxygen atoms in total. The lowest BCUT2D eigenvalue weighted by atomic mass is 10.2. The summed E-state index contributed by atoms with van der Waals surface area (Å²) in [7, 11) is -3.67. The first-order valence-electron chi connectivity index (χ1n) is 8.72. The Morgan fingerprint density at radius 2 is 1.80 bits per heavy atom. The molecule has 1 atom stereocenters. The molecule has 1 fully saturated rings. The molecule has 1 aliphatic rings. The molecular weight excluding hydrogens is 472 g/mol. The molecule has 0 saturated carbocycles. The summed E-state index contributed by atoms with van der Waals surface area (Å²) in [5, 5.41) is 4.20. The molecule has 14 heteroatoms. The van der Waals surface area contributed by atoms with Crippen molar-refractivity contribution in [1.82, 2.24) is 19.0 Å². The summed E-state index contributed by atoms with van der Waals surface area (Å²) in [6.45, 7) is 1.33. The van der Waals surface area contributed by atoms with Gasteiger partial charge in [-0.2, -0.15) is 9.40 Å². The van der Waals surface area contributed by atoms with Gasteiger partial charge < -0.3 is 4.90 Å². The van der Waals surface area contributed by atoms with Crippen LogP contribution in [0, 0.1) is 0 Å². The van der Waals surface area contributed by atoms with Gasteiger partial charge in [0.2, 0.25) is 5.91 Å². The monoisotopic (exact) mass is 488 g/mol. The highest BCUT2D eigenvalue weighted by atomic mass is 35.5. The third-order valence-electron chi connectivity index (χ3n) is 4.69. The number of piperazine rings is 1. The number of carbonyl (C=O) groups excluding carboxylic acids is 1. The SMILES string of the molecule is CC(C(=O)N1CCN(S(=O)(=O)c2cccs2)CC1)n1nc(C(F)F)c(Cl)c1C(F)F. The molecule has 0 aliphatic carbocycles. The van der Waals surface area contributed by atoms with Crippen LogP contribution in [-0.2, 0) is 14.8 Å². The lowest BCUT2D eigenvalue weighted by Gasteiger charge is -2.35. The van der Waals surface area contributed by atoms with Crippen LogP contribution < -0.4 is 0 Å². The van der Waals surface area contributed by atoms with Crippen molar-refractivity contribution in [1.29, 1.82) is 0 Å². The normalized spacial score (nSPS) is 17.1. The lowest BCUT2D eigenvalue weighted by Crippen LogP contribution is -2.51. The van der Waals surface area contributed by atoms with E-state index in [1.54, 1.807) is 11.4 Å². The molecule has 0 N–H and O–H groups in total. The van der Waals surface area contributed by atoms with Crippen LogP contribution in [0.25, 0.3) is 0 Å². The van der Waals surface area contributed by atoms with Crippen LogP contribution in [0.2, 0.25) is 5.02 Å². The number of rotatable bonds is 6. The van der Waals surface area contributed by atoms with E-state index < -0.39 is 51.2 Å². The third-order valence-corrected chi connectivity index (χ3v) is 8.35. The molecule has 0 radical (unpaired) electrons. The first kappa shape index (κ1) is 23.0. The zero-order valence-corrected chi connectivity index (χ0v) is 17.9. The van der Waals surface area contributed by atoms with Crippen molar-refractivity contribution in [3.63, 3.8) is 0 Å². The summed E-state index contributed by atoms with van der Waals surface area (Å²) in [4.78, 5) is 14.1. The number of nitrogens with zero attached hydrogens (tertiary/aromatic N) is 4. The number of amides is 1. The van der Waals surface area contributed by atoms with Gasteiger partial charge in [0.05, 0.1) is 5.02 Å². The van der Waals surface area contributed by atoms with Crippen LogP contribution in [0.3, 0.4) is 0 Å². The fourth-order valence-corrected chi connectivity index (χ4v) is 5.99. The first-order chi connectivity index (χ1) is 14.1. The molecule has 2 aromatic rings. The van der Waals surface area contributed by atoms with E-state index in [9.17, 15) is 30.8 Å². The Labute approximate surface area is 178 Å². The highest BCUT2D eigenvalue weighted by molar-refractivity contribution is 7.91. The van der Waals surface area contributed by atoms with E-state index in [4.69, 9.17) is 11.6 Å². The van der Waals surface area contributed by atoms with Gasteiger partial charge in [-0.3, -0.25) is 4.79 Å². The van der Waals surface area contributed by atoms with E-state index in [1.807, 2.05) is 0 Å². The Balaban J connectivity index is 1.75. The molecule has 2 aromatic heterocycles. The number of halogens is 5. The van der Waals surface area contributed by atoms with E-state index in [0.29, 0.717) is 4.68 Å². The highest BCUT2D eigenvalue weighted by Gasteiger charge is 2.36. The quantitative estimate of drug-likeness (QED) is 0.583. The van der Waals surface area contributed by atoms with Crippen LogP contribution >= 0.6 is 22.9 Å². The van der Waals surface area contributed by atoms with Gasteiger partial charge in [0.15, 0.2) is 0 Å². The Morgan fingerprint density at radius 3 is 2.30 bits per heavy atom. The van der Waals surface area contributed by atoms with Crippen molar-refractivity contribution in [2.24, 2.45) is 0 Å². The zero-order chi connectivity index (χ0) is 22.2. The average molecular weight is 489 g/mol. The molecule has 1 unspecified atom stereocenters. The van der Waals surface area contributed by atoms with Crippen molar-refractivity contribution in [2.45, 2.75) is 30.0 Å². The molecule has 166 valence electrons. The molecule has 3 heterocycles. The maximum absolute atomic E-state index is 13.4.